The second-order valence-corrected chi connectivity index (χ2v) is 7.23. The Balaban J connectivity index is 4.34. The molecule has 0 aliphatic carbocycles. The Morgan fingerprint density at radius 1 is 0.857 bits per heavy atom. The lowest BCUT2D eigenvalue weighted by atomic mass is 9.93. The molecule has 0 spiro atoms. The third-order valence-electron chi connectivity index (χ3n) is 4.77. The van der Waals surface area contributed by atoms with Crippen molar-refractivity contribution in [2.75, 3.05) is 0 Å². The molecule has 0 heterocycles. The summed E-state index contributed by atoms with van der Waals surface area (Å²) in [5, 5.41) is 18.0. The first-order valence-electron chi connectivity index (χ1n) is 10.1. The molecule has 0 fully saturated rings. The standard InChI is InChI=1S/C24H36O4/c1-6-7-8-9-10-11-12-13-14-18(2)21(5)19(3)15-16-20(4)22(24(27)28)17-23(25)26/h15-16,22H,2-14,17H2,1H3,(H,25,26)(H,27,28). The van der Waals surface area contributed by atoms with Crippen LogP contribution in [0.2, 0.25) is 0 Å². The minimum Gasteiger partial charge on any atom is -0.481 e. The summed E-state index contributed by atoms with van der Waals surface area (Å²) in [6.45, 7) is 17.9. The maximum absolute atomic E-state index is 11.2. The average molecular weight is 389 g/mol. The lowest BCUT2D eigenvalue weighted by Crippen LogP contribution is -2.18. The van der Waals surface area contributed by atoms with Crippen molar-refractivity contribution >= 4 is 11.9 Å². The Morgan fingerprint density at radius 3 is 1.89 bits per heavy atom. The van der Waals surface area contributed by atoms with Crippen LogP contribution in [0.3, 0.4) is 0 Å². The topological polar surface area (TPSA) is 74.6 Å². The minimum atomic E-state index is -1.21. The van der Waals surface area contributed by atoms with Crippen LogP contribution in [-0.4, -0.2) is 22.2 Å². The van der Waals surface area contributed by atoms with Crippen molar-refractivity contribution < 1.29 is 19.8 Å². The zero-order chi connectivity index (χ0) is 21.5. The van der Waals surface area contributed by atoms with Crippen molar-refractivity contribution in [3.63, 3.8) is 0 Å². The van der Waals surface area contributed by atoms with E-state index in [1.54, 1.807) is 6.08 Å². The molecule has 0 saturated heterocycles. The first-order valence-corrected chi connectivity index (χ1v) is 10.1. The van der Waals surface area contributed by atoms with E-state index in [-0.39, 0.29) is 5.57 Å². The van der Waals surface area contributed by atoms with Gasteiger partial charge in [0.1, 0.15) is 0 Å². The highest BCUT2D eigenvalue weighted by Crippen LogP contribution is 2.23. The van der Waals surface area contributed by atoms with Crippen LogP contribution in [0.5, 0.6) is 0 Å². The number of carbonyl (C=O) groups is 2. The van der Waals surface area contributed by atoms with E-state index in [0.29, 0.717) is 5.57 Å². The van der Waals surface area contributed by atoms with Gasteiger partial charge in [0.25, 0.3) is 0 Å². The molecule has 4 heteroatoms. The molecule has 0 radical (unpaired) electrons. The Bertz CT molecular complexity index is 610. The molecule has 0 saturated carbocycles. The van der Waals surface area contributed by atoms with Crippen molar-refractivity contribution in [3.8, 4) is 0 Å². The predicted molar refractivity (Wildman–Crippen MR) is 116 cm³/mol. The number of hydrogen-bond acceptors (Lipinski definition) is 2. The molecule has 1 unspecified atom stereocenters. The quantitative estimate of drug-likeness (QED) is 0.221. The summed E-state index contributed by atoms with van der Waals surface area (Å²) in [6.07, 6.45) is 13.5. The van der Waals surface area contributed by atoms with Gasteiger partial charge in [0.2, 0.25) is 0 Å². The molecule has 0 bridgehead atoms. The van der Waals surface area contributed by atoms with Crippen LogP contribution in [0.4, 0.5) is 0 Å². The van der Waals surface area contributed by atoms with Crippen molar-refractivity contribution in [1.82, 2.24) is 0 Å². The number of carboxylic acids is 2. The molecule has 2 N–H and O–H groups in total. The highest BCUT2D eigenvalue weighted by Gasteiger charge is 2.22. The summed E-state index contributed by atoms with van der Waals surface area (Å²) >= 11 is 0. The Kier molecular flexibility index (Phi) is 13.4. The predicted octanol–water partition coefficient (Wildman–Crippen LogP) is 6.47. The first-order chi connectivity index (χ1) is 13.2. The Hall–Kier alpha value is -2.36. The Labute approximate surface area is 170 Å². The molecule has 1 atom stereocenters. The fourth-order valence-corrected chi connectivity index (χ4v) is 2.83. The van der Waals surface area contributed by atoms with Crippen LogP contribution in [0.25, 0.3) is 0 Å². The van der Waals surface area contributed by atoms with Crippen LogP contribution in [0, 0.1) is 5.92 Å². The van der Waals surface area contributed by atoms with E-state index in [1.807, 2.05) is 0 Å². The maximum atomic E-state index is 11.2. The third-order valence-corrected chi connectivity index (χ3v) is 4.77. The molecule has 156 valence electrons. The Morgan fingerprint density at radius 2 is 1.39 bits per heavy atom. The second-order valence-electron chi connectivity index (χ2n) is 7.23. The van der Waals surface area contributed by atoms with Crippen LogP contribution in [0.15, 0.2) is 60.8 Å². The van der Waals surface area contributed by atoms with E-state index in [4.69, 9.17) is 10.2 Å². The monoisotopic (exact) mass is 388 g/mol. The number of rotatable bonds is 17. The van der Waals surface area contributed by atoms with Gasteiger partial charge in [0.05, 0.1) is 12.3 Å². The number of carboxylic acid groups (broad SMARTS) is 2. The van der Waals surface area contributed by atoms with Crippen molar-refractivity contribution in [1.29, 1.82) is 0 Å². The zero-order valence-corrected chi connectivity index (χ0v) is 17.3. The van der Waals surface area contributed by atoms with E-state index in [1.165, 1.54) is 51.0 Å². The fourth-order valence-electron chi connectivity index (χ4n) is 2.83. The van der Waals surface area contributed by atoms with Crippen molar-refractivity contribution in [2.45, 2.75) is 71.1 Å². The SMILES string of the molecule is C=C(C=CC(=C)C(CC(=O)O)C(=O)O)C(=C)C(=C)CCCCCCCCCC. The number of aliphatic carboxylic acids is 2. The van der Waals surface area contributed by atoms with Gasteiger partial charge in [-0.05, 0) is 35.1 Å². The third kappa shape index (κ3) is 11.4. The average Bonchev–Trinajstić information content (AvgIpc) is 2.64. The smallest absolute Gasteiger partial charge is 0.311 e. The summed E-state index contributed by atoms with van der Waals surface area (Å²) in [5.41, 5.74) is 2.51. The number of unbranched alkanes of at least 4 members (excludes halogenated alkanes) is 7. The molecular formula is C24H36O4. The largest absolute Gasteiger partial charge is 0.481 e. The van der Waals surface area contributed by atoms with Crippen molar-refractivity contribution in [3.05, 3.63) is 60.8 Å². The van der Waals surface area contributed by atoms with Crippen LogP contribution >= 0.6 is 0 Å². The van der Waals surface area contributed by atoms with Crippen LogP contribution in [-0.2, 0) is 9.59 Å². The van der Waals surface area contributed by atoms with Gasteiger partial charge in [-0.2, -0.15) is 0 Å². The molecule has 0 aliphatic heterocycles. The molecular weight excluding hydrogens is 352 g/mol. The van der Waals surface area contributed by atoms with Crippen LogP contribution in [0.1, 0.15) is 71.1 Å². The molecule has 0 amide bonds. The normalized spacial score (nSPS) is 11.9. The zero-order valence-electron chi connectivity index (χ0n) is 17.3. The van der Waals surface area contributed by atoms with Gasteiger partial charge in [0.15, 0.2) is 0 Å². The molecule has 0 aromatic heterocycles. The van der Waals surface area contributed by atoms with Crippen molar-refractivity contribution in [2.24, 2.45) is 5.92 Å². The second kappa shape index (κ2) is 14.7. The lowest BCUT2D eigenvalue weighted by molar-refractivity contribution is -0.146. The van der Waals surface area contributed by atoms with Gasteiger partial charge in [-0.1, -0.05) is 90.3 Å². The summed E-state index contributed by atoms with van der Waals surface area (Å²) in [6, 6.07) is 0. The summed E-state index contributed by atoms with van der Waals surface area (Å²) in [7, 11) is 0. The molecule has 28 heavy (non-hydrogen) atoms. The van der Waals surface area contributed by atoms with Gasteiger partial charge in [-0.15, -0.1) is 0 Å². The summed E-state index contributed by atoms with van der Waals surface area (Å²) < 4.78 is 0. The van der Waals surface area contributed by atoms with E-state index < -0.39 is 24.3 Å². The lowest BCUT2D eigenvalue weighted by Gasteiger charge is -2.12. The van der Waals surface area contributed by atoms with E-state index in [9.17, 15) is 9.59 Å². The molecule has 0 aromatic rings. The van der Waals surface area contributed by atoms with Gasteiger partial charge in [-0.3, -0.25) is 9.59 Å². The fraction of sp³-hybridized carbons (Fsp3) is 0.500. The van der Waals surface area contributed by atoms with Gasteiger partial charge in [-0.25, -0.2) is 0 Å². The molecule has 0 aromatic carbocycles. The maximum Gasteiger partial charge on any atom is 0.311 e. The molecule has 0 rings (SSSR count). The number of allylic oxidation sites excluding steroid dienone is 5. The number of hydrogen-bond donors (Lipinski definition) is 2. The van der Waals surface area contributed by atoms with Gasteiger partial charge in [0, 0.05) is 0 Å². The highest BCUT2D eigenvalue weighted by atomic mass is 16.4. The van der Waals surface area contributed by atoms with Crippen LogP contribution < -0.4 is 0 Å². The highest BCUT2D eigenvalue weighted by molar-refractivity contribution is 5.81. The summed E-state index contributed by atoms with van der Waals surface area (Å²) in [5.74, 6) is -3.54. The van der Waals surface area contributed by atoms with Gasteiger partial charge >= 0.3 is 11.9 Å². The van der Waals surface area contributed by atoms with E-state index in [0.717, 1.165) is 24.0 Å². The first kappa shape index (κ1) is 25.6. The van der Waals surface area contributed by atoms with Gasteiger partial charge < -0.3 is 10.2 Å². The van der Waals surface area contributed by atoms with E-state index >= 15 is 0 Å². The molecule has 4 nitrogen and oxygen atoms in total. The molecule has 0 aliphatic rings. The van der Waals surface area contributed by atoms with E-state index in [2.05, 4.69) is 33.2 Å². The summed E-state index contributed by atoms with van der Waals surface area (Å²) in [4.78, 5) is 22.0. The minimum absolute atomic E-state index is 0.220.